The molecule has 0 spiro atoms. The largest absolute Gasteiger partial charge is 0.468 e. The molecule has 6 nitrogen and oxygen atoms in total. The highest BCUT2D eigenvalue weighted by molar-refractivity contribution is 5.80. The van der Waals surface area contributed by atoms with Crippen LogP contribution in [0.3, 0.4) is 0 Å². The first kappa shape index (κ1) is 20.8. The Morgan fingerprint density at radius 1 is 1.24 bits per heavy atom. The highest BCUT2D eigenvalue weighted by Crippen LogP contribution is 2.20. The lowest BCUT2D eigenvalue weighted by Crippen LogP contribution is -2.44. The Kier molecular flexibility index (Phi) is 6.79. The molecule has 3 rings (SSSR count). The number of aromatic nitrogens is 1. The van der Waals surface area contributed by atoms with Crippen molar-refractivity contribution in [1.29, 1.82) is 0 Å². The quantitative estimate of drug-likeness (QED) is 0.570. The van der Waals surface area contributed by atoms with Gasteiger partial charge in [-0.25, -0.2) is 4.98 Å². The first-order chi connectivity index (χ1) is 13.9. The minimum absolute atomic E-state index is 0.0551. The summed E-state index contributed by atoms with van der Waals surface area (Å²) in [6, 6.07) is 13.6. The molecule has 2 heterocycles. The molecule has 0 bridgehead atoms. The smallest absolute Gasteiger partial charge is 0.422 e. The van der Waals surface area contributed by atoms with Crippen LogP contribution < -0.4 is 20.3 Å². The van der Waals surface area contributed by atoms with Gasteiger partial charge in [-0.3, -0.25) is 4.99 Å². The topological polar surface area (TPSA) is 61.8 Å². The molecule has 156 valence electrons. The fourth-order valence-electron chi connectivity index (χ4n) is 3.08. The van der Waals surface area contributed by atoms with E-state index in [1.54, 1.807) is 13.1 Å². The maximum atomic E-state index is 12.2. The maximum Gasteiger partial charge on any atom is 0.422 e. The molecule has 0 amide bonds. The van der Waals surface area contributed by atoms with E-state index in [1.165, 1.54) is 18.0 Å². The van der Waals surface area contributed by atoms with Crippen molar-refractivity contribution in [2.45, 2.75) is 25.2 Å². The first-order valence-electron chi connectivity index (χ1n) is 9.34. The Labute approximate surface area is 167 Å². The van der Waals surface area contributed by atoms with Crippen molar-refractivity contribution in [3.05, 3.63) is 54.2 Å². The van der Waals surface area contributed by atoms with E-state index in [-0.39, 0.29) is 11.9 Å². The number of aliphatic imine (C=N–C) groups is 1. The fraction of sp³-hybridized carbons (Fsp3) is 0.400. The van der Waals surface area contributed by atoms with Crippen molar-refractivity contribution in [2.75, 3.05) is 31.6 Å². The molecule has 0 saturated carbocycles. The van der Waals surface area contributed by atoms with Gasteiger partial charge in [-0.05, 0) is 24.1 Å². The van der Waals surface area contributed by atoms with E-state index in [9.17, 15) is 13.2 Å². The number of alkyl halides is 3. The lowest BCUT2D eigenvalue weighted by molar-refractivity contribution is -0.154. The Balaban J connectivity index is 1.45. The summed E-state index contributed by atoms with van der Waals surface area (Å²) in [7, 11) is 1.70. The van der Waals surface area contributed by atoms with Gasteiger partial charge in [0.15, 0.2) is 12.6 Å². The molecule has 0 radical (unpaired) electrons. The van der Waals surface area contributed by atoms with Crippen LogP contribution in [0.2, 0.25) is 0 Å². The number of hydrogen-bond donors (Lipinski definition) is 2. The summed E-state index contributed by atoms with van der Waals surface area (Å²) < 4.78 is 41.1. The average molecular weight is 407 g/mol. The second-order valence-corrected chi connectivity index (χ2v) is 6.75. The van der Waals surface area contributed by atoms with Crippen LogP contribution in [0.4, 0.5) is 18.9 Å². The second-order valence-electron chi connectivity index (χ2n) is 6.75. The van der Waals surface area contributed by atoms with Crippen LogP contribution in [-0.4, -0.2) is 49.9 Å². The summed E-state index contributed by atoms with van der Waals surface area (Å²) in [5.74, 6) is 0.614. The number of halogens is 3. The van der Waals surface area contributed by atoms with E-state index >= 15 is 0 Å². The van der Waals surface area contributed by atoms with E-state index in [4.69, 9.17) is 0 Å². The normalized spacial score (nSPS) is 17.3. The van der Waals surface area contributed by atoms with Crippen LogP contribution >= 0.6 is 0 Å². The molecule has 1 aromatic carbocycles. The molecule has 9 heteroatoms. The Bertz CT molecular complexity index is 796. The van der Waals surface area contributed by atoms with Crippen molar-refractivity contribution in [1.82, 2.24) is 15.6 Å². The monoisotopic (exact) mass is 407 g/mol. The third-order valence-corrected chi connectivity index (χ3v) is 4.52. The molecule has 0 aliphatic carbocycles. The van der Waals surface area contributed by atoms with E-state index in [0.717, 1.165) is 25.1 Å². The van der Waals surface area contributed by atoms with Gasteiger partial charge in [-0.2, -0.15) is 13.2 Å². The van der Waals surface area contributed by atoms with Gasteiger partial charge in [0.2, 0.25) is 5.88 Å². The Morgan fingerprint density at radius 3 is 2.69 bits per heavy atom. The zero-order valence-corrected chi connectivity index (χ0v) is 16.1. The predicted octanol–water partition coefficient (Wildman–Crippen LogP) is 2.97. The molecular weight excluding hydrogens is 383 g/mol. The first-order valence-corrected chi connectivity index (χ1v) is 9.34. The number of pyridine rings is 1. The third-order valence-electron chi connectivity index (χ3n) is 4.52. The van der Waals surface area contributed by atoms with E-state index < -0.39 is 12.8 Å². The van der Waals surface area contributed by atoms with Gasteiger partial charge < -0.3 is 20.3 Å². The Morgan fingerprint density at radius 2 is 2.03 bits per heavy atom. The number of anilines is 1. The molecular formula is C20H24F3N5O. The summed E-state index contributed by atoms with van der Waals surface area (Å²) in [6.07, 6.45) is -1.89. The molecule has 1 unspecified atom stereocenters. The summed E-state index contributed by atoms with van der Waals surface area (Å²) in [5, 5.41) is 6.61. The second kappa shape index (κ2) is 9.49. The highest BCUT2D eigenvalue weighted by Gasteiger charge is 2.28. The van der Waals surface area contributed by atoms with Gasteiger partial charge >= 0.3 is 6.18 Å². The SMILES string of the molecule is CN=C(NCc1ccc(OCC(F)(F)F)nc1)NC1CCN(c2ccccc2)C1. The minimum atomic E-state index is -4.38. The number of para-hydroxylation sites is 1. The molecule has 2 N–H and O–H groups in total. The molecule has 1 saturated heterocycles. The fourth-order valence-corrected chi connectivity index (χ4v) is 3.08. The van der Waals surface area contributed by atoms with E-state index in [0.29, 0.717) is 12.5 Å². The third kappa shape index (κ3) is 6.55. The van der Waals surface area contributed by atoms with Crippen molar-refractivity contribution in [2.24, 2.45) is 4.99 Å². The maximum absolute atomic E-state index is 12.2. The molecule has 29 heavy (non-hydrogen) atoms. The number of guanidine groups is 1. The van der Waals surface area contributed by atoms with Crippen molar-refractivity contribution in [3.8, 4) is 5.88 Å². The molecule has 1 fully saturated rings. The lowest BCUT2D eigenvalue weighted by atomic mass is 10.2. The van der Waals surface area contributed by atoms with E-state index in [2.05, 4.69) is 42.4 Å². The van der Waals surface area contributed by atoms with Crippen molar-refractivity contribution < 1.29 is 17.9 Å². The highest BCUT2D eigenvalue weighted by atomic mass is 19.4. The van der Waals surface area contributed by atoms with Gasteiger partial charge in [-0.15, -0.1) is 0 Å². The van der Waals surface area contributed by atoms with Gasteiger partial charge in [-0.1, -0.05) is 24.3 Å². The van der Waals surface area contributed by atoms with Crippen LogP contribution in [0, 0.1) is 0 Å². The van der Waals surface area contributed by atoms with Crippen molar-refractivity contribution in [3.63, 3.8) is 0 Å². The lowest BCUT2D eigenvalue weighted by Gasteiger charge is -2.20. The van der Waals surface area contributed by atoms with Gasteiger partial charge in [0.05, 0.1) is 0 Å². The number of nitrogens with zero attached hydrogens (tertiary/aromatic N) is 3. The molecule has 1 atom stereocenters. The summed E-state index contributed by atoms with van der Waals surface area (Å²) in [5.41, 5.74) is 2.02. The molecule has 1 aliphatic rings. The zero-order chi connectivity index (χ0) is 20.7. The number of rotatable bonds is 6. The standard InChI is InChI=1S/C20H24F3N5O/c1-24-19(27-16-9-10-28(13-16)17-5-3-2-4-6-17)26-12-15-7-8-18(25-11-15)29-14-20(21,22)23/h2-8,11,16H,9-10,12-14H2,1H3,(H2,24,26,27). The van der Waals surface area contributed by atoms with E-state index in [1.807, 2.05) is 18.2 Å². The summed E-state index contributed by atoms with van der Waals surface area (Å²) in [6.45, 7) is 0.955. The summed E-state index contributed by atoms with van der Waals surface area (Å²) in [4.78, 5) is 10.5. The van der Waals surface area contributed by atoms with Crippen molar-refractivity contribution >= 4 is 11.6 Å². The molecule has 2 aromatic rings. The number of benzene rings is 1. The van der Waals surface area contributed by atoms with Gasteiger partial charge in [0.25, 0.3) is 0 Å². The molecule has 1 aliphatic heterocycles. The van der Waals surface area contributed by atoms with Crippen LogP contribution in [0.25, 0.3) is 0 Å². The number of nitrogens with one attached hydrogen (secondary N) is 2. The van der Waals surface area contributed by atoms with Crippen LogP contribution in [0.5, 0.6) is 5.88 Å². The Hall–Kier alpha value is -2.97. The predicted molar refractivity (Wildman–Crippen MR) is 106 cm³/mol. The average Bonchev–Trinajstić information content (AvgIpc) is 3.19. The van der Waals surface area contributed by atoms with Crippen LogP contribution in [0.15, 0.2) is 53.7 Å². The molecule has 1 aromatic heterocycles. The zero-order valence-electron chi connectivity index (χ0n) is 16.1. The number of hydrogen-bond acceptors (Lipinski definition) is 4. The van der Waals surface area contributed by atoms with Gasteiger partial charge in [0.1, 0.15) is 0 Å². The minimum Gasteiger partial charge on any atom is -0.468 e. The van der Waals surface area contributed by atoms with Crippen LogP contribution in [0.1, 0.15) is 12.0 Å². The number of ether oxygens (including phenoxy) is 1. The van der Waals surface area contributed by atoms with Crippen LogP contribution in [-0.2, 0) is 6.54 Å². The van der Waals surface area contributed by atoms with Gasteiger partial charge in [0, 0.05) is 50.7 Å². The summed E-state index contributed by atoms with van der Waals surface area (Å²) >= 11 is 0.